The fraction of sp³-hybridized carbons (Fsp3) is 0.750. The molecule has 0 rings (SSSR count). The molecule has 3 N–H and O–H groups in total. The van der Waals surface area contributed by atoms with Gasteiger partial charge in [-0.05, 0) is 6.42 Å². The first-order valence-corrected chi connectivity index (χ1v) is 4.34. The Hall–Kier alpha value is -1.14. The second kappa shape index (κ2) is 8.46. The van der Waals surface area contributed by atoms with Crippen molar-refractivity contribution >= 4 is 11.9 Å². The van der Waals surface area contributed by atoms with E-state index >= 15 is 0 Å². The van der Waals surface area contributed by atoms with Crippen molar-refractivity contribution in [3.05, 3.63) is 0 Å². The summed E-state index contributed by atoms with van der Waals surface area (Å²) >= 11 is 0. The largest absolute Gasteiger partial charge is 0.481 e. The number of carbonyl (C=O) groups is 2. The second-order valence-electron chi connectivity index (χ2n) is 2.61. The molecule has 0 aromatic heterocycles. The average molecular weight is 205 g/mol. The molecule has 0 aromatic carbocycles. The van der Waals surface area contributed by atoms with Gasteiger partial charge >= 0.3 is 5.97 Å². The van der Waals surface area contributed by atoms with Gasteiger partial charge in [-0.3, -0.25) is 9.59 Å². The maximum absolute atomic E-state index is 10.8. The van der Waals surface area contributed by atoms with Crippen LogP contribution in [0.15, 0.2) is 0 Å². The van der Waals surface area contributed by atoms with Gasteiger partial charge in [-0.25, -0.2) is 0 Å². The van der Waals surface area contributed by atoms with Crippen molar-refractivity contribution in [2.45, 2.75) is 12.8 Å². The van der Waals surface area contributed by atoms with Gasteiger partial charge in [-0.2, -0.15) is 0 Å². The van der Waals surface area contributed by atoms with Crippen molar-refractivity contribution in [1.29, 1.82) is 0 Å². The maximum Gasteiger partial charge on any atom is 0.312 e. The summed E-state index contributed by atoms with van der Waals surface area (Å²) in [7, 11) is 0. The summed E-state index contributed by atoms with van der Waals surface area (Å²) < 4.78 is 4.93. The molecular formula is C8H15NO5. The SMILES string of the molecule is O=C(O)CC(=O)NCCCOCCO. The molecule has 14 heavy (non-hydrogen) atoms. The van der Waals surface area contributed by atoms with E-state index in [0.29, 0.717) is 19.6 Å². The van der Waals surface area contributed by atoms with Gasteiger partial charge in [0.2, 0.25) is 5.91 Å². The van der Waals surface area contributed by atoms with Crippen LogP contribution in [0.1, 0.15) is 12.8 Å². The van der Waals surface area contributed by atoms with Gasteiger partial charge in [0.15, 0.2) is 0 Å². The van der Waals surface area contributed by atoms with Crippen LogP contribution in [0.2, 0.25) is 0 Å². The molecule has 0 unspecified atom stereocenters. The Labute approximate surface area is 81.9 Å². The van der Waals surface area contributed by atoms with Gasteiger partial charge in [0.05, 0.1) is 13.2 Å². The quantitative estimate of drug-likeness (QED) is 0.348. The van der Waals surface area contributed by atoms with E-state index in [1.807, 2.05) is 0 Å². The summed E-state index contributed by atoms with van der Waals surface area (Å²) in [6, 6.07) is 0. The molecule has 0 saturated heterocycles. The van der Waals surface area contributed by atoms with Crippen LogP contribution in [0.5, 0.6) is 0 Å². The Morgan fingerprint density at radius 1 is 1.29 bits per heavy atom. The molecule has 82 valence electrons. The third-order valence-corrected chi connectivity index (χ3v) is 1.34. The number of hydrogen-bond acceptors (Lipinski definition) is 4. The Bertz CT molecular complexity index is 183. The molecule has 0 aromatic rings. The molecule has 0 atom stereocenters. The van der Waals surface area contributed by atoms with E-state index in [1.54, 1.807) is 0 Å². The number of carboxylic acid groups (broad SMARTS) is 1. The molecule has 0 aliphatic heterocycles. The highest BCUT2D eigenvalue weighted by Gasteiger charge is 2.05. The minimum Gasteiger partial charge on any atom is -0.481 e. The monoisotopic (exact) mass is 205 g/mol. The summed E-state index contributed by atoms with van der Waals surface area (Å²) in [5.41, 5.74) is 0. The van der Waals surface area contributed by atoms with E-state index < -0.39 is 18.3 Å². The van der Waals surface area contributed by atoms with Gasteiger partial charge in [-0.1, -0.05) is 0 Å². The van der Waals surface area contributed by atoms with E-state index in [0.717, 1.165) is 0 Å². The van der Waals surface area contributed by atoms with Crippen LogP contribution in [0.4, 0.5) is 0 Å². The number of hydrogen-bond donors (Lipinski definition) is 3. The van der Waals surface area contributed by atoms with Crippen molar-refractivity contribution in [2.75, 3.05) is 26.4 Å². The van der Waals surface area contributed by atoms with Crippen molar-refractivity contribution in [1.82, 2.24) is 5.32 Å². The number of aliphatic carboxylic acids is 1. The van der Waals surface area contributed by atoms with E-state index in [4.69, 9.17) is 14.9 Å². The summed E-state index contributed by atoms with van der Waals surface area (Å²) in [6.07, 6.45) is 0.100. The lowest BCUT2D eigenvalue weighted by atomic mass is 10.4. The smallest absolute Gasteiger partial charge is 0.312 e. The normalized spacial score (nSPS) is 9.79. The average Bonchev–Trinajstić information content (AvgIpc) is 2.10. The van der Waals surface area contributed by atoms with Crippen molar-refractivity contribution < 1.29 is 24.5 Å². The molecule has 0 heterocycles. The molecule has 6 nitrogen and oxygen atoms in total. The van der Waals surface area contributed by atoms with E-state index in [2.05, 4.69) is 5.32 Å². The third kappa shape index (κ3) is 8.95. The van der Waals surface area contributed by atoms with E-state index in [-0.39, 0.29) is 13.2 Å². The predicted molar refractivity (Wildman–Crippen MR) is 47.8 cm³/mol. The highest BCUT2D eigenvalue weighted by molar-refractivity contribution is 5.93. The summed E-state index contributed by atoms with van der Waals surface area (Å²) in [5.74, 6) is -1.64. The molecule has 0 bridgehead atoms. The van der Waals surface area contributed by atoms with Crippen LogP contribution in [0.3, 0.4) is 0 Å². The zero-order chi connectivity index (χ0) is 10.8. The van der Waals surface area contributed by atoms with E-state index in [1.165, 1.54) is 0 Å². The number of amides is 1. The predicted octanol–water partition coefficient (Wildman–Crippen LogP) is -1.02. The molecule has 1 amide bonds. The fourth-order valence-electron chi connectivity index (χ4n) is 0.769. The molecule has 0 radical (unpaired) electrons. The van der Waals surface area contributed by atoms with E-state index in [9.17, 15) is 9.59 Å². The van der Waals surface area contributed by atoms with Gasteiger partial charge in [0.1, 0.15) is 6.42 Å². The molecule has 0 aliphatic rings. The third-order valence-electron chi connectivity index (χ3n) is 1.34. The van der Waals surface area contributed by atoms with Crippen LogP contribution in [0.25, 0.3) is 0 Å². The lowest BCUT2D eigenvalue weighted by Gasteiger charge is -2.03. The molecular weight excluding hydrogens is 190 g/mol. The Morgan fingerprint density at radius 3 is 2.57 bits per heavy atom. The van der Waals surface area contributed by atoms with Crippen molar-refractivity contribution in [2.24, 2.45) is 0 Å². The Kier molecular flexibility index (Phi) is 7.77. The minimum atomic E-state index is -1.14. The van der Waals surface area contributed by atoms with Gasteiger partial charge in [0.25, 0.3) is 0 Å². The molecule has 0 aliphatic carbocycles. The first-order valence-electron chi connectivity index (χ1n) is 4.34. The molecule has 0 fully saturated rings. The topological polar surface area (TPSA) is 95.9 Å². The van der Waals surface area contributed by atoms with Crippen LogP contribution < -0.4 is 5.32 Å². The van der Waals surface area contributed by atoms with Crippen LogP contribution in [-0.4, -0.2) is 48.5 Å². The fourth-order valence-corrected chi connectivity index (χ4v) is 0.769. The maximum atomic E-state index is 10.8. The summed E-state index contributed by atoms with van der Waals surface area (Å²) in [6.45, 7) is 1.08. The summed E-state index contributed by atoms with van der Waals surface area (Å²) in [5, 5.41) is 19.0. The van der Waals surface area contributed by atoms with Crippen LogP contribution in [-0.2, 0) is 14.3 Å². The zero-order valence-electron chi connectivity index (χ0n) is 7.86. The number of aliphatic hydroxyl groups is 1. The molecule has 0 spiro atoms. The lowest BCUT2D eigenvalue weighted by Crippen LogP contribution is -2.27. The number of aliphatic hydroxyl groups excluding tert-OH is 1. The number of nitrogens with one attached hydrogen (secondary N) is 1. The highest BCUT2D eigenvalue weighted by atomic mass is 16.5. The van der Waals surface area contributed by atoms with Gasteiger partial charge in [-0.15, -0.1) is 0 Å². The van der Waals surface area contributed by atoms with Gasteiger partial charge < -0.3 is 20.3 Å². The van der Waals surface area contributed by atoms with Crippen molar-refractivity contribution in [3.63, 3.8) is 0 Å². The highest BCUT2D eigenvalue weighted by Crippen LogP contribution is 1.83. The number of carboxylic acids is 1. The standard InChI is InChI=1S/C8H15NO5/c10-3-5-14-4-1-2-9-7(11)6-8(12)13/h10H,1-6H2,(H,9,11)(H,12,13). The van der Waals surface area contributed by atoms with Crippen LogP contribution >= 0.6 is 0 Å². The number of rotatable bonds is 8. The lowest BCUT2D eigenvalue weighted by molar-refractivity contribution is -0.140. The molecule has 6 heteroatoms. The first kappa shape index (κ1) is 12.9. The van der Waals surface area contributed by atoms with Gasteiger partial charge in [0, 0.05) is 13.2 Å². The first-order chi connectivity index (χ1) is 6.66. The number of ether oxygens (including phenoxy) is 1. The Morgan fingerprint density at radius 2 is 2.00 bits per heavy atom. The minimum absolute atomic E-state index is 0.0224. The Balaban J connectivity index is 3.19. The zero-order valence-corrected chi connectivity index (χ0v) is 7.86. The van der Waals surface area contributed by atoms with Crippen LogP contribution in [0, 0.1) is 0 Å². The van der Waals surface area contributed by atoms with Crippen molar-refractivity contribution in [3.8, 4) is 0 Å². The molecule has 0 saturated carbocycles. The summed E-state index contributed by atoms with van der Waals surface area (Å²) in [4.78, 5) is 20.8. The second-order valence-corrected chi connectivity index (χ2v) is 2.61. The number of carbonyl (C=O) groups excluding carboxylic acids is 1.